The smallest absolute Gasteiger partial charge is 0.129 e. The minimum absolute atomic E-state index is 0.0634. The zero-order valence-corrected chi connectivity index (χ0v) is 15.8. The Bertz CT molecular complexity index is 462. The third kappa shape index (κ3) is 4.59. The minimum Gasteiger partial charge on any atom is -0.377 e. The Morgan fingerprint density at radius 3 is 2.42 bits per heavy atom. The highest BCUT2D eigenvalue weighted by atomic mass is 19.1. The normalized spacial score (nSPS) is 29.1. The standard InChI is InChI=1S/C22H35FO/c1-5-16(4)19(6-2)22(23)20(7-3)18-13-14-21(24-15-18)17-11-9-8-10-12-17/h6-7,16-18,21H,2,5,8-15H2,1,3-4H3/b20-7-,22-19-. The molecule has 136 valence electrons. The van der Waals surface area contributed by atoms with Crippen LogP contribution in [0.15, 0.2) is 35.7 Å². The van der Waals surface area contributed by atoms with Gasteiger partial charge in [0.2, 0.25) is 0 Å². The van der Waals surface area contributed by atoms with Crippen LogP contribution in [0.2, 0.25) is 0 Å². The molecule has 1 saturated heterocycles. The van der Waals surface area contributed by atoms with Gasteiger partial charge < -0.3 is 4.74 Å². The fraction of sp³-hybridized carbons (Fsp3) is 0.727. The summed E-state index contributed by atoms with van der Waals surface area (Å²) in [6.07, 6.45) is 13.8. The summed E-state index contributed by atoms with van der Waals surface area (Å²) in [5.41, 5.74) is 1.58. The van der Waals surface area contributed by atoms with Gasteiger partial charge in [-0.3, -0.25) is 0 Å². The Morgan fingerprint density at radius 1 is 1.21 bits per heavy atom. The Labute approximate surface area is 148 Å². The predicted molar refractivity (Wildman–Crippen MR) is 101 cm³/mol. The first kappa shape index (κ1) is 19.4. The minimum atomic E-state index is -0.0634. The van der Waals surface area contributed by atoms with Crippen molar-refractivity contribution in [2.45, 2.75) is 78.2 Å². The zero-order valence-electron chi connectivity index (χ0n) is 15.8. The molecule has 0 radical (unpaired) electrons. The van der Waals surface area contributed by atoms with E-state index in [1.807, 2.05) is 13.0 Å². The maximum Gasteiger partial charge on any atom is 0.129 e. The van der Waals surface area contributed by atoms with Gasteiger partial charge in [-0.2, -0.15) is 0 Å². The van der Waals surface area contributed by atoms with E-state index >= 15 is 4.39 Å². The summed E-state index contributed by atoms with van der Waals surface area (Å²) < 4.78 is 21.3. The lowest BCUT2D eigenvalue weighted by molar-refractivity contribution is -0.0479. The maximum absolute atomic E-state index is 15.1. The molecule has 0 spiro atoms. The second-order valence-electron chi connectivity index (χ2n) is 7.57. The van der Waals surface area contributed by atoms with Gasteiger partial charge in [-0.1, -0.05) is 51.8 Å². The average molecular weight is 335 g/mol. The monoisotopic (exact) mass is 334 g/mol. The van der Waals surface area contributed by atoms with Crippen molar-refractivity contribution >= 4 is 0 Å². The third-order valence-corrected chi connectivity index (χ3v) is 6.11. The van der Waals surface area contributed by atoms with E-state index in [9.17, 15) is 0 Å². The Morgan fingerprint density at radius 2 is 1.92 bits per heavy atom. The molecule has 0 N–H and O–H groups in total. The van der Waals surface area contributed by atoms with Crippen molar-refractivity contribution in [2.24, 2.45) is 17.8 Å². The van der Waals surface area contributed by atoms with Gasteiger partial charge in [0.25, 0.3) is 0 Å². The predicted octanol–water partition coefficient (Wildman–Crippen LogP) is 6.76. The van der Waals surface area contributed by atoms with Crippen LogP contribution in [0.3, 0.4) is 0 Å². The van der Waals surface area contributed by atoms with E-state index in [1.165, 1.54) is 32.1 Å². The van der Waals surface area contributed by atoms with Crippen molar-refractivity contribution in [3.05, 3.63) is 35.7 Å². The average Bonchev–Trinajstić information content (AvgIpc) is 2.64. The van der Waals surface area contributed by atoms with Gasteiger partial charge in [-0.05, 0) is 62.0 Å². The van der Waals surface area contributed by atoms with Crippen molar-refractivity contribution < 1.29 is 9.13 Å². The molecule has 1 aliphatic heterocycles. The number of rotatable bonds is 6. The van der Waals surface area contributed by atoms with Crippen LogP contribution in [0.1, 0.15) is 72.1 Å². The Kier molecular flexibility index (Phi) is 7.74. The number of hydrogen-bond donors (Lipinski definition) is 0. The van der Waals surface area contributed by atoms with Crippen LogP contribution in [0.5, 0.6) is 0 Å². The van der Waals surface area contributed by atoms with E-state index in [-0.39, 0.29) is 17.7 Å². The number of hydrogen-bond acceptors (Lipinski definition) is 1. The summed E-state index contributed by atoms with van der Waals surface area (Å²) >= 11 is 0. The van der Waals surface area contributed by atoms with Gasteiger partial charge in [0.1, 0.15) is 5.83 Å². The summed E-state index contributed by atoms with van der Waals surface area (Å²) in [7, 11) is 0. The molecule has 1 heterocycles. The van der Waals surface area contributed by atoms with Crippen molar-refractivity contribution in [1.29, 1.82) is 0 Å². The molecular formula is C22H35FO. The van der Waals surface area contributed by atoms with Crippen LogP contribution < -0.4 is 0 Å². The molecule has 1 aliphatic carbocycles. The summed E-state index contributed by atoms with van der Waals surface area (Å²) in [4.78, 5) is 0. The molecular weight excluding hydrogens is 299 g/mol. The molecule has 3 unspecified atom stereocenters. The first-order valence-corrected chi connectivity index (χ1v) is 9.92. The summed E-state index contributed by atoms with van der Waals surface area (Å²) in [5.74, 6) is 1.07. The lowest BCUT2D eigenvalue weighted by atomic mass is 9.80. The topological polar surface area (TPSA) is 9.23 Å². The van der Waals surface area contributed by atoms with Gasteiger partial charge in [0.15, 0.2) is 0 Å². The number of allylic oxidation sites excluding steroid dienone is 4. The fourth-order valence-electron chi connectivity index (χ4n) is 4.33. The van der Waals surface area contributed by atoms with Crippen molar-refractivity contribution in [2.75, 3.05) is 6.61 Å². The van der Waals surface area contributed by atoms with E-state index in [4.69, 9.17) is 4.74 Å². The van der Waals surface area contributed by atoms with Crippen LogP contribution in [-0.2, 0) is 4.74 Å². The van der Waals surface area contributed by atoms with E-state index in [2.05, 4.69) is 20.4 Å². The molecule has 1 nitrogen and oxygen atoms in total. The van der Waals surface area contributed by atoms with Gasteiger partial charge in [0.05, 0.1) is 12.7 Å². The number of halogens is 1. The summed E-state index contributed by atoms with van der Waals surface area (Å²) in [5, 5.41) is 0. The van der Waals surface area contributed by atoms with Gasteiger partial charge >= 0.3 is 0 Å². The molecule has 0 aromatic rings. The lowest BCUT2D eigenvalue weighted by Crippen LogP contribution is -2.33. The summed E-state index contributed by atoms with van der Waals surface area (Å²) in [6.45, 7) is 10.6. The molecule has 2 fully saturated rings. The maximum atomic E-state index is 15.1. The van der Waals surface area contributed by atoms with Crippen LogP contribution >= 0.6 is 0 Å². The molecule has 24 heavy (non-hydrogen) atoms. The summed E-state index contributed by atoms with van der Waals surface area (Å²) in [6, 6.07) is 0. The molecule has 0 aromatic carbocycles. The molecule has 2 aliphatic rings. The van der Waals surface area contributed by atoms with Gasteiger partial charge in [0, 0.05) is 5.92 Å². The Balaban J connectivity index is 2.02. The van der Waals surface area contributed by atoms with E-state index in [0.29, 0.717) is 12.7 Å². The van der Waals surface area contributed by atoms with Crippen LogP contribution in [0.25, 0.3) is 0 Å². The van der Waals surface area contributed by atoms with Crippen molar-refractivity contribution in [3.63, 3.8) is 0 Å². The van der Waals surface area contributed by atoms with E-state index in [0.717, 1.165) is 36.3 Å². The Hall–Kier alpha value is -0.890. The molecule has 0 bridgehead atoms. The second-order valence-corrected chi connectivity index (χ2v) is 7.57. The third-order valence-electron chi connectivity index (χ3n) is 6.11. The molecule has 0 aromatic heterocycles. The molecule has 2 heteroatoms. The fourth-order valence-corrected chi connectivity index (χ4v) is 4.33. The largest absolute Gasteiger partial charge is 0.377 e. The number of ether oxygens (including phenoxy) is 1. The van der Waals surface area contributed by atoms with Gasteiger partial charge in [-0.25, -0.2) is 4.39 Å². The van der Waals surface area contributed by atoms with E-state index in [1.54, 1.807) is 6.08 Å². The van der Waals surface area contributed by atoms with Crippen LogP contribution in [0.4, 0.5) is 4.39 Å². The highest BCUT2D eigenvalue weighted by Gasteiger charge is 2.32. The first-order chi connectivity index (χ1) is 11.6. The molecule has 0 amide bonds. The first-order valence-electron chi connectivity index (χ1n) is 9.92. The van der Waals surface area contributed by atoms with Gasteiger partial charge in [-0.15, -0.1) is 0 Å². The SMILES string of the molecule is C=C/C(=C(F)\C(=C/C)C1CCC(C2CCCCC2)OC1)C(C)CC. The van der Waals surface area contributed by atoms with Crippen molar-refractivity contribution in [3.8, 4) is 0 Å². The van der Waals surface area contributed by atoms with Crippen molar-refractivity contribution in [1.82, 2.24) is 0 Å². The zero-order chi connectivity index (χ0) is 17.5. The molecule has 2 rings (SSSR count). The van der Waals surface area contributed by atoms with E-state index < -0.39 is 0 Å². The molecule has 3 atom stereocenters. The van der Waals surface area contributed by atoms with Crippen LogP contribution in [-0.4, -0.2) is 12.7 Å². The highest BCUT2D eigenvalue weighted by molar-refractivity contribution is 5.37. The quantitative estimate of drug-likeness (QED) is 0.487. The lowest BCUT2D eigenvalue weighted by Gasteiger charge is -2.36. The highest BCUT2D eigenvalue weighted by Crippen LogP contribution is 2.38. The van der Waals surface area contributed by atoms with Crippen LogP contribution in [0, 0.1) is 17.8 Å². The molecule has 1 saturated carbocycles. The second kappa shape index (κ2) is 9.56.